The number of sulfonamides is 1. The Morgan fingerprint density at radius 2 is 1.93 bits per heavy atom. The molecule has 144 valence electrons. The molecular formula is C17H19ClN4O4S. The Morgan fingerprint density at radius 3 is 2.52 bits per heavy atom. The fourth-order valence-electron chi connectivity index (χ4n) is 2.40. The first-order valence-corrected chi connectivity index (χ1v) is 9.94. The van der Waals surface area contributed by atoms with Crippen molar-refractivity contribution < 1.29 is 13.3 Å². The van der Waals surface area contributed by atoms with Gasteiger partial charge in [-0.25, -0.2) is 8.42 Å². The summed E-state index contributed by atoms with van der Waals surface area (Å²) in [6.45, 7) is 3.88. The largest absolute Gasteiger partial charge is 0.277 e. The van der Waals surface area contributed by atoms with Crippen LogP contribution in [0.3, 0.4) is 0 Å². The summed E-state index contributed by atoms with van der Waals surface area (Å²) in [7, 11) is -3.92. The van der Waals surface area contributed by atoms with E-state index in [0.717, 1.165) is 6.07 Å². The van der Waals surface area contributed by atoms with Crippen LogP contribution in [0.15, 0.2) is 52.5 Å². The summed E-state index contributed by atoms with van der Waals surface area (Å²) in [5, 5.41) is 15.6. The molecule has 0 heterocycles. The van der Waals surface area contributed by atoms with Crippen LogP contribution in [0.2, 0.25) is 5.02 Å². The molecule has 1 N–H and O–H groups in total. The van der Waals surface area contributed by atoms with Gasteiger partial charge in [-0.15, -0.1) is 0 Å². The molecule has 27 heavy (non-hydrogen) atoms. The lowest BCUT2D eigenvalue weighted by Crippen LogP contribution is -2.31. The van der Waals surface area contributed by atoms with Crippen LogP contribution in [0.4, 0.5) is 11.4 Å². The van der Waals surface area contributed by atoms with Gasteiger partial charge in [-0.3, -0.25) is 15.5 Å². The lowest BCUT2D eigenvalue weighted by molar-refractivity contribution is -0.385. The van der Waals surface area contributed by atoms with E-state index >= 15 is 0 Å². The highest BCUT2D eigenvalue weighted by atomic mass is 35.5. The average molecular weight is 411 g/mol. The molecule has 8 nitrogen and oxygen atoms in total. The molecule has 0 saturated carbocycles. The van der Waals surface area contributed by atoms with Crippen molar-refractivity contribution in [1.82, 2.24) is 4.31 Å². The SMILES string of the molecule is CCN(CC)S(=O)(=O)c1cc([N+](=O)[O-])ccc1N/N=C\c1cccc(Cl)c1. The smallest absolute Gasteiger partial charge is 0.270 e. The van der Waals surface area contributed by atoms with Crippen molar-refractivity contribution in [2.24, 2.45) is 5.10 Å². The van der Waals surface area contributed by atoms with Gasteiger partial charge in [-0.1, -0.05) is 37.6 Å². The molecule has 0 saturated heterocycles. The van der Waals surface area contributed by atoms with E-state index in [4.69, 9.17) is 11.6 Å². The summed E-state index contributed by atoms with van der Waals surface area (Å²) < 4.78 is 26.9. The number of nitro benzene ring substituents is 1. The van der Waals surface area contributed by atoms with E-state index in [1.165, 1.54) is 22.7 Å². The summed E-state index contributed by atoms with van der Waals surface area (Å²) in [4.78, 5) is 10.2. The minimum Gasteiger partial charge on any atom is -0.277 e. The van der Waals surface area contributed by atoms with Crippen LogP contribution < -0.4 is 5.43 Å². The Bertz CT molecular complexity index is 959. The summed E-state index contributed by atoms with van der Waals surface area (Å²) in [5.41, 5.74) is 3.20. The van der Waals surface area contributed by atoms with E-state index in [9.17, 15) is 18.5 Å². The molecule has 0 aromatic heterocycles. The van der Waals surface area contributed by atoms with Gasteiger partial charge in [-0.05, 0) is 23.8 Å². The third-order valence-electron chi connectivity index (χ3n) is 3.75. The third-order valence-corrected chi connectivity index (χ3v) is 6.07. The number of halogens is 1. The quantitative estimate of drug-likeness (QED) is 0.405. The fourth-order valence-corrected chi connectivity index (χ4v) is 4.21. The van der Waals surface area contributed by atoms with Crippen LogP contribution >= 0.6 is 11.6 Å². The maximum Gasteiger partial charge on any atom is 0.270 e. The number of hydrogen-bond acceptors (Lipinski definition) is 6. The van der Waals surface area contributed by atoms with Gasteiger partial charge in [0.25, 0.3) is 5.69 Å². The normalized spacial score (nSPS) is 11.9. The van der Waals surface area contributed by atoms with Gasteiger partial charge in [0.15, 0.2) is 0 Å². The Morgan fingerprint density at radius 1 is 1.22 bits per heavy atom. The lowest BCUT2D eigenvalue weighted by Gasteiger charge is -2.20. The van der Waals surface area contributed by atoms with Crippen LogP contribution in [0, 0.1) is 10.1 Å². The highest BCUT2D eigenvalue weighted by Gasteiger charge is 2.27. The number of nitrogens with zero attached hydrogens (tertiary/aromatic N) is 3. The number of nitrogens with one attached hydrogen (secondary N) is 1. The van der Waals surface area contributed by atoms with E-state index in [0.29, 0.717) is 10.6 Å². The van der Waals surface area contributed by atoms with E-state index < -0.39 is 14.9 Å². The van der Waals surface area contributed by atoms with Gasteiger partial charge in [0.1, 0.15) is 4.90 Å². The molecule has 0 aliphatic rings. The summed E-state index contributed by atoms with van der Waals surface area (Å²) in [5.74, 6) is 0. The zero-order valence-electron chi connectivity index (χ0n) is 14.8. The van der Waals surface area contributed by atoms with E-state index in [2.05, 4.69) is 10.5 Å². The van der Waals surface area contributed by atoms with E-state index in [1.54, 1.807) is 38.1 Å². The van der Waals surface area contributed by atoms with Crippen molar-refractivity contribution >= 4 is 39.2 Å². The molecule has 2 rings (SSSR count). The van der Waals surface area contributed by atoms with Gasteiger partial charge in [-0.2, -0.15) is 9.41 Å². The molecule has 2 aromatic carbocycles. The second-order valence-electron chi connectivity index (χ2n) is 5.45. The monoisotopic (exact) mass is 410 g/mol. The summed E-state index contributed by atoms with van der Waals surface area (Å²) >= 11 is 5.91. The summed E-state index contributed by atoms with van der Waals surface area (Å²) in [6, 6.07) is 10.5. The molecule has 0 aliphatic carbocycles. The Kier molecular flexibility index (Phi) is 6.89. The van der Waals surface area contributed by atoms with Crippen LogP contribution in [0.25, 0.3) is 0 Å². The molecule has 10 heteroatoms. The molecule has 2 aromatic rings. The van der Waals surface area contributed by atoms with Crippen LogP contribution in [-0.2, 0) is 10.0 Å². The number of hydrogen-bond donors (Lipinski definition) is 1. The van der Waals surface area contributed by atoms with E-state index in [-0.39, 0.29) is 29.4 Å². The molecular weight excluding hydrogens is 392 g/mol. The van der Waals surface area contributed by atoms with Crippen LogP contribution in [0.1, 0.15) is 19.4 Å². The second kappa shape index (κ2) is 8.94. The van der Waals surface area contributed by atoms with Gasteiger partial charge in [0.2, 0.25) is 10.0 Å². The molecule has 0 unspecified atom stereocenters. The Balaban J connectivity index is 2.42. The number of nitro groups is 1. The van der Waals surface area contributed by atoms with Crippen LogP contribution in [-0.4, -0.2) is 37.0 Å². The second-order valence-corrected chi connectivity index (χ2v) is 7.79. The van der Waals surface area contributed by atoms with Gasteiger partial charge >= 0.3 is 0 Å². The van der Waals surface area contributed by atoms with Gasteiger partial charge in [0, 0.05) is 30.2 Å². The van der Waals surface area contributed by atoms with Crippen molar-refractivity contribution in [2.45, 2.75) is 18.7 Å². The molecule has 0 aliphatic heterocycles. The minimum atomic E-state index is -3.92. The van der Waals surface area contributed by atoms with Crippen molar-refractivity contribution in [3.05, 3.63) is 63.2 Å². The van der Waals surface area contributed by atoms with Crippen LogP contribution in [0.5, 0.6) is 0 Å². The van der Waals surface area contributed by atoms with Crippen molar-refractivity contribution in [3.8, 4) is 0 Å². The predicted molar refractivity (Wildman–Crippen MR) is 106 cm³/mol. The number of rotatable bonds is 8. The number of benzene rings is 2. The Labute approximate surface area is 162 Å². The topological polar surface area (TPSA) is 105 Å². The van der Waals surface area contributed by atoms with Crippen molar-refractivity contribution in [2.75, 3.05) is 18.5 Å². The molecule has 0 atom stereocenters. The maximum absolute atomic E-state index is 12.9. The predicted octanol–water partition coefficient (Wildman–Crippen LogP) is 3.72. The Hall–Kier alpha value is -2.49. The lowest BCUT2D eigenvalue weighted by atomic mass is 10.2. The molecule has 0 bridgehead atoms. The number of anilines is 1. The van der Waals surface area contributed by atoms with Gasteiger partial charge in [0.05, 0.1) is 16.8 Å². The standard InChI is InChI=1S/C17H19ClN4O4S/c1-3-21(4-2)27(25,26)17-11-15(22(23)24)8-9-16(17)20-19-12-13-6-5-7-14(18)10-13/h5-12,20H,3-4H2,1-2H3/b19-12-. The maximum atomic E-state index is 12.9. The third kappa shape index (κ3) is 5.03. The fraction of sp³-hybridized carbons (Fsp3) is 0.235. The summed E-state index contributed by atoms with van der Waals surface area (Å²) in [6.07, 6.45) is 1.47. The minimum absolute atomic E-state index is 0.144. The zero-order chi connectivity index (χ0) is 20.0. The molecule has 0 spiro atoms. The highest BCUT2D eigenvalue weighted by Crippen LogP contribution is 2.29. The molecule has 0 radical (unpaired) electrons. The van der Waals surface area contributed by atoms with Crippen molar-refractivity contribution in [3.63, 3.8) is 0 Å². The first-order chi connectivity index (χ1) is 12.8. The first-order valence-electron chi connectivity index (χ1n) is 8.12. The molecule has 0 fully saturated rings. The van der Waals surface area contributed by atoms with E-state index in [1.807, 2.05) is 0 Å². The number of non-ortho nitro benzene ring substituents is 1. The first kappa shape index (κ1) is 20.8. The van der Waals surface area contributed by atoms with Gasteiger partial charge < -0.3 is 0 Å². The molecule has 0 amide bonds. The zero-order valence-corrected chi connectivity index (χ0v) is 16.4. The number of hydrazone groups is 1. The average Bonchev–Trinajstić information content (AvgIpc) is 2.62. The highest BCUT2D eigenvalue weighted by molar-refractivity contribution is 7.89. The van der Waals surface area contributed by atoms with Crippen molar-refractivity contribution in [1.29, 1.82) is 0 Å².